The molecular weight excluding hydrogens is 176 g/mol. The van der Waals surface area contributed by atoms with Gasteiger partial charge >= 0.3 is 0 Å². The van der Waals surface area contributed by atoms with Crippen molar-refractivity contribution in [1.29, 1.82) is 0 Å². The van der Waals surface area contributed by atoms with Gasteiger partial charge in [0.2, 0.25) is 0 Å². The summed E-state index contributed by atoms with van der Waals surface area (Å²) in [6.45, 7) is 1.42. The number of pyridine rings is 1. The molecule has 1 aromatic rings. The van der Waals surface area contributed by atoms with Crippen LogP contribution in [0.2, 0.25) is 0 Å². The molecule has 2 rings (SSSR count). The van der Waals surface area contributed by atoms with E-state index in [4.69, 9.17) is 10.5 Å². The van der Waals surface area contributed by atoms with Crippen molar-refractivity contribution in [3.63, 3.8) is 0 Å². The fraction of sp³-hybridized carbons (Fsp3) is 0.545. The molecule has 1 fully saturated rings. The number of rotatable bonds is 2. The number of aromatic nitrogens is 1. The molecule has 1 atom stereocenters. The quantitative estimate of drug-likeness (QED) is 0.777. The minimum Gasteiger partial charge on any atom is -0.373 e. The van der Waals surface area contributed by atoms with Gasteiger partial charge in [0.05, 0.1) is 6.10 Å². The Kier molecular flexibility index (Phi) is 3.11. The molecule has 2 heterocycles. The maximum absolute atomic E-state index is 5.68. The first-order chi connectivity index (χ1) is 6.90. The maximum Gasteiger partial charge on any atom is 0.0839 e. The summed E-state index contributed by atoms with van der Waals surface area (Å²) in [5.41, 5.74) is 7.82. The van der Waals surface area contributed by atoms with Gasteiger partial charge in [0.1, 0.15) is 0 Å². The van der Waals surface area contributed by atoms with Crippen LogP contribution in [0.25, 0.3) is 0 Å². The van der Waals surface area contributed by atoms with E-state index in [1.807, 2.05) is 12.4 Å². The third-order valence-corrected chi connectivity index (χ3v) is 2.60. The van der Waals surface area contributed by atoms with Crippen molar-refractivity contribution >= 4 is 0 Å². The molecule has 3 heteroatoms. The molecule has 1 aliphatic heterocycles. The molecule has 2 N–H and O–H groups in total. The maximum atomic E-state index is 5.68. The van der Waals surface area contributed by atoms with Gasteiger partial charge in [-0.25, -0.2) is 0 Å². The zero-order chi connectivity index (χ0) is 9.80. The average molecular weight is 192 g/mol. The number of hydrogen-bond acceptors (Lipinski definition) is 3. The third kappa shape index (κ3) is 2.11. The predicted molar refractivity (Wildman–Crippen MR) is 54.7 cm³/mol. The lowest BCUT2D eigenvalue weighted by atomic mass is 10.0. The van der Waals surface area contributed by atoms with Gasteiger partial charge in [0.15, 0.2) is 0 Å². The molecule has 1 aliphatic rings. The van der Waals surface area contributed by atoms with E-state index in [-0.39, 0.29) is 6.10 Å². The average Bonchev–Trinajstić information content (AvgIpc) is 2.30. The van der Waals surface area contributed by atoms with Crippen molar-refractivity contribution in [2.75, 3.05) is 6.61 Å². The van der Waals surface area contributed by atoms with Crippen molar-refractivity contribution in [3.8, 4) is 0 Å². The van der Waals surface area contributed by atoms with Crippen molar-refractivity contribution in [1.82, 2.24) is 4.98 Å². The number of nitrogens with zero attached hydrogens (tertiary/aromatic N) is 1. The van der Waals surface area contributed by atoms with Crippen LogP contribution >= 0.6 is 0 Å². The highest BCUT2D eigenvalue weighted by Crippen LogP contribution is 2.27. The lowest BCUT2D eigenvalue weighted by molar-refractivity contribution is 0.0147. The van der Waals surface area contributed by atoms with E-state index >= 15 is 0 Å². The Labute approximate surface area is 84.3 Å². The Morgan fingerprint density at radius 2 is 2.36 bits per heavy atom. The van der Waals surface area contributed by atoms with Crippen LogP contribution in [0.15, 0.2) is 18.5 Å². The highest BCUT2D eigenvalue weighted by Gasteiger charge is 2.16. The second kappa shape index (κ2) is 4.53. The molecule has 0 saturated carbocycles. The smallest absolute Gasteiger partial charge is 0.0839 e. The Morgan fingerprint density at radius 1 is 1.43 bits per heavy atom. The first-order valence-corrected chi connectivity index (χ1v) is 5.15. The molecule has 0 amide bonds. The zero-order valence-corrected chi connectivity index (χ0v) is 8.28. The van der Waals surface area contributed by atoms with Gasteiger partial charge in [-0.05, 0) is 36.5 Å². The molecule has 0 aliphatic carbocycles. The molecule has 1 saturated heterocycles. The summed E-state index contributed by atoms with van der Waals surface area (Å²) in [6, 6.07) is 2.10. The monoisotopic (exact) mass is 192 g/mol. The van der Waals surface area contributed by atoms with Gasteiger partial charge in [0.25, 0.3) is 0 Å². The normalized spacial score (nSPS) is 22.2. The van der Waals surface area contributed by atoms with E-state index in [0.29, 0.717) is 6.54 Å². The van der Waals surface area contributed by atoms with Crippen LogP contribution in [0.4, 0.5) is 0 Å². The summed E-state index contributed by atoms with van der Waals surface area (Å²) in [5.74, 6) is 0. The molecule has 1 unspecified atom stereocenters. The molecule has 14 heavy (non-hydrogen) atoms. The lowest BCUT2D eigenvalue weighted by Gasteiger charge is -2.22. The molecule has 0 bridgehead atoms. The van der Waals surface area contributed by atoms with E-state index in [9.17, 15) is 0 Å². The fourth-order valence-electron chi connectivity index (χ4n) is 1.80. The number of nitrogens with two attached hydrogens (primary N) is 1. The van der Waals surface area contributed by atoms with Crippen LogP contribution in [0, 0.1) is 0 Å². The molecule has 0 radical (unpaired) electrons. The van der Waals surface area contributed by atoms with E-state index < -0.39 is 0 Å². The van der Waals surface area contributed by atoms with Crippen molar-refractivity contribution < 1.29 is 4.74 Å². The second-order valence-electron chi connectivity index (χ2n) is 3.69. The Morgan fingerprint density at radius 3 is 3.07 bits per heavy atom. The summed E-state index contributed by atoms with van der Waals surface area (Å²) in [4.78, 5) is 4.17. The first-order valence-electron chi connectivity index (χ1n) is 5.15. The van der Waals surface area contributed by atoms with Crippen LogP contribution in [0.3, 0.4) is 0 Å². The van der Waals surface area contributed by atoms with E-state index in [1.54, 1.807) is 0 Å². The van der Waals surface area contributed by atoms with E-state index in [2.05, 4.69) is 11.1 Å². The highest BCUT2D eigenvalue weighted by atomic mass is 16.5. The van der Waals surface area contributed by atoms with E-state index in [0.717, 1.165) is 18.6 Å². The predicted octanol–water partition coefficient (Wildman–Crippen LogP) is 1.78. The standard InChI is InChI=1S/C11H16N2O/c12-6-9-5-10(8-13-7-9)11-3-1-2-4-14-11/h5,7-8,11H,1-4,6,12H2. The second-order valence-corrected chi connectivity index (χ2v) is 3.69. The van der Waals surface area contributed by atoms with Crippen molar-refractivity contribution in [2.24, 2.45) is 5.73 Å². The zero-order valence-electron chi connectivity index (χ0n) is 8.28. The summed E-state index contributed by atoms with van der Waals surface area (Å²) < 4.78 is 5.68. The van der Waals surface area contributed by atoms with Crippen molar-refractivity contribution in [3.05, 3.63) is 29.6 Å². The van der Waals surface area contributed by atoms with Crippen LogP contribution < -0.4 is 5.73 Å². The summed E-state index contributed by atoms with van der Waals surface area (Å²) >= 11 is 0. The van der Waals surface area contributed by atoms with E-state index in [1.165, 1.54) is 18.4 Å². The van der Waals surface area contributed by atoms with Gasteiger partial charge in [-0.3, -0.25) is 4.98 Å². The molecule has 0 aromatic carbocycles. The van der Waals surface area contributed by atoms with Crippen LogP contribution in [-0.2, 0) is 11.3 Å². The third-order valence-electron chi connectivity index (χ3n) is 2.60. The molecule has 3 nitrogen and oxygen atoms in total. The molecule has 76 valence electrons. The van der Waals surface area contributed by atoms with Gasteiger partial charge in [-0.15, -0.1) is 0 Å². The molecule has 1 aromatic heterocycles. The minimum absolute atomic E-state index is 0.239. The highest BCUT2D eigenvalue weighted by molar-refractivity contribution is 5.20. The first kappa shape index (κ1) is 9.62. The Balaban J connectivity index is 2.13. The summed E-state index contributed by atoms with van der Waals surface area (Å²) in [7, 11) is 0. The molecular formula is C11H16N2O. The SMILES string of the molecule is NCc1cncc(C2CCCCO2)c1. The van der Waals surface area contributed by atoms with Crippen LogP contribution in [-0.4, -0.2) is 11.6 Å². The fourth-order valence-corrected chi connectivity index (χ4v) is 1.80. The largest absolute Gasteiger partial charge is 0.373 e. The summed E-state index contributed by atoms with van der Waals surface area (Å²) in [6.07, 6.45) is 7.47. The van der Waals surface area contributed by atoms with Crippen LogP contribution in [0.1, 0.15) is 36.5 Å². The van der Waals surface area contributed by atoms with Crippen LogP contribution in [0.5, 0.6) is 0 Å². The lowest BCUT2D eigenvalue weighted by Crippen LogP contribution is -2.12. The van der Waals surface area contributed by atoms with Gasteiger partial charge in [0, 0.05) is 25.5 Å². The number of ether oxygens (including phenoxy) is 1. The molecule has 0 spiro atoms. The van der Waals surface area contributed by atoms with Gasteiger partial charge < -0.3 is 10.5 Å². The minimum atomic E-state index is 0.239. The summed E-state index contributed by atoms with van der Waals surface area (Å²) in [5, 5.41) is 0. The number of hydrogen-bond donors (Lipinski definition) is 1. The topological polar surface area (TPSA) is 48.1 Å². The van der Waals surface area contributed by atoms with Gasteiger partial charge in [-0.2, -0.15) is 0 Å². The van der Waals surface area contributed by atoms with Crippen molar-refractivity contribution in [2.45, 2.75) is 31.9 Å². The Bertz CT molecular complexity index is 295. The van der Waals surface area contributed by atoms with Gasteiger partial charge in [-0.1, -0.05) is 0 Å². The Hall–Kier alpha value is -0.930.